The number of anilines is 6. The van der Waals surface area contributed by atoms with Crippen LogP contribution in [0.15, 0.2) is 249 Å². The van der Waals surface area contributed by atoms with Crippen LogP contribution >= 0.6 is 0 Å². The molecule has 0 saturated carbocycles. The Balaban J connectivity index is 0.868. The standard InChI is InChI=1S/C63H47N3/c1-63(2)59-24-14-12-22-55(59)58-43-54(39-41-60(58)63)66-61-25-15-13-23-56(61)57-40-32-47(42-62(57)66)46-30-37-53(38-31-46)65(50-20-10-5-11-21-50)52-35-28-45(29-36-52)44-26-33-51(34-27-44)64(48-16-6-3-7-17-48)49-18-8-4-9-19-49/h3-43H,1-2H3. The van der Waals surface area contributed by atoms with Gasteiger partial charge >= 0.3 is 0 Å². The molecule has 1 aliphatic carbocycles. The molecule has 0 amide bonds. The Morgan fingerprint density at radius 1 is 0.303 bits per heavy atom. The molecule has 0 saturated heterocycles. The van der Waals surface area contributed by atoms with Gasteiger partial charge in [-0.25, -0.2) is 0 Å². The second kappa shape index (κ2) is 16.0. The number of para-hydroxylation sites is 4. The molecule has 0 spiro atoms. The first-order valence-corrected chi connectivity index (χ1v) is 22.8. The van der Waals surface area contributed by atoms with E-state index < -0.39 is 0 Å². The average molecular weight is 846 g/mol. The number of rotatable bonds is 9. The van der Waals surface area contributed by atoms with Gasteiger partial charge in [0.1, 0.15) is 0 Å². The zero-order valence-electron chi connectivity index (χ0n) is 37.0. The third kappa shape index (κ3) is 6.67. The molecule has 0 N–H and O–H groups in total. The Morgan fingerprint density at radius 2 is 0.712 bits per heavy atom. The van der Waals surface area contributed by atoms with E-state index in [0.29, 0.717) is 0 Å². The van der Waals surface area contributed by atoms with E-state index in [4.69, 9.17) is 0 Å². The van der Waals surface area contributed by atoms with Crippen molar-refractivity contribution in [2.45, 2.75) is 19.3 Å². The van der Waals surface area contributed by atoms with Crippen molar-refractivity contribution in [1.82, 2.24) is 4.57 Å². The van der Waals surface area contributed by atoms with Gasteiger partial charge in [-0.1, -0.05) is 166 Å². The van der Waals surface area contributed by atoms with Crippen molar-refractivity contribution in [3.63, 3.8) is 0 Å². The highest BCUT2D eigenvalue weighted by atomic mass is 15.1. The van der Waals surface area contributed by atoms with Gasteiger partial charge in [0.05, 0.1) is 11.0 Å². The fourth-order valence-corrected chi connectivity index (χ4v) is 10.3. The van der Waals surface area contributed by atoms with Gasteiger partial charge in [-0.2, -0.15) is 0 Å². The maximum atomic E-state index is 2.45. The van der Waals surface area contributed by atoms with E-state index in [1.54, 1.807) is 0 Å². The van der Waals surface area contributed by atoms with E-state index in [2.05, 4.69) is 277 Å². The van der Waals surface area contributed by atoms with Crippen LogP contribution in [0.5, 0.6) is 0 Å². The highest BCUT2D eigenvalue weighted by Gasteiger charge is 2.35. The summed E-state index contributed by atoms with van der Waals surface area (Å²) in [5.74, 6) is 0. The van der Waals surface area contributed by atoms with Gasteiger partial charge in [0.15, 0.2) is 0 Å². The molecule has 3 nitrogen and oxygen atoms in total. The second-order valence-electron chi connectivity index (χ2n) is 17.8. The highest BCUT2D eigenvalue weighted by Crippen LogP contribution is 2.50. The molecule has 0 fully saturated rings. The van der Waals surface area contributed by atoms with E-state index in [-0.39, 0.29) is 5.41 Å². The summed E-state index contributed by atoms with van der Waals surface area (Å²) in [5, 5.41) is 2.51. The minimum Gasteiger partial charge on any atom is -0.311 e. The SMILES string of the molecule is CC1(C)c2ccccc2-c2cc(-n3c4ccccc4c4ccc(-c5ccc(N(c6ccccc6)c6ccc(-c7ccc(N(c8ccccc8)c8ccccc8)cc7)cc6)cc5)cc43)ccc21. The summed E-state index contributed by atoms with van der Waals surface area (Å²) >= 11 is 0. The topological polar surface area (TPSA) is 11.4 Å². The molecule has 66 heavy (non-hydrogen) atoms. The van der Waals surface area contributed by atoms with Gasteiger partial charge < -0.3 is 14.4 Å². The Bertz CT molecular complexity index is 3480. The molecule has 1 heterocycles. The third-order valence-electron chi connectivity index (χ3n) is 13.6. The first kappa shape index (κ1) is 39.2. The minimum absolute atomic E-state index is 0.0350. The van der Waals surface area contributed by atoms with E-state index in [0.717, 1.165) is 34.1 Å². The maximum absolute atomic E-state index is 2.45. The molecule has 0 aliphatic heterocycles. The molecule has 1 aromatic heterocycles. The minimum atomic E-state index is -0.0350. The molecule has 3 heteroatoms. The van der Waals surface area contributed by atoms with Crippen LogP contribution in [0.2, 0.25) is 0 Å². The average Bonchev–Trinajstić information content (AvgIpc) is 3.83. The molecule has 12 rings (SSSR count). The van der Waals surface area contributed by atoms with Crippen LogP contribution in [0, 0.1) is 0 Å². The maximum Gasteiger partial charge on any atom is 0.0547 e. The first-order valence-electron chi connectivity index (χ1n) is 22.8. The lowest BCUT2D eigenvalue weighted by molar-refractivity contribution is 0.660. The van der Waals surface area contributed by atoms with Crippen molar-refractivity contribution in [2.24, 2.45) is 0 Å². The van der Waals surface area contributed by atoms with Crippen LogP contribution in [-0.4, -0.2) is 4.57 Å². The van der Waals surface area contributed by atoms with E-state index in [1.807, 2.05) is 0 Å². The van der Waals surface area contributed by atoms with Gasteiger partial charge in [0, 0.05) is 56.0 Å². The summed E-state index contributed by atoms with van der Waals surface area (Å²) in [6.45, 7) is 4.69. The Morgan fingerprint density at radius 3 is 1.26 bits per heavy atom. The molecule has 314 valence electrons. The highest BCUT2D eigenvalue weighted by molar-refractivity contribution is 6.10. The van der Waals surface area contributed by atoms with Crippen molar-refractivity contribution in [3.8, 4) is 39.1 Å². The van der Waals surface area contributed by atoms with Gasteiger partial charge in [-0.3, -0.25) is 0 Å². The molecule has 0 bridgehead atoms. The third-order valence-corrected chi connectivity index (χ3v) is 13.6. The molecule has 0 unspecified atom stereocenters. The Hall–Kier alpha value is -8.40. The zero-order chi connectivity index (χ0) is 44.2. The summed E-state index contributed by atoms with van der Waals surface area (Å²) in [7, 11) is 0. The van der Waals surface area contributed by atoms with E-state index in [9.17, 15) is 0 Å². The summed E-state index contributed by atoms with van der Waals surface area (Å²) in [6, 6.07) is 90.3. The smallest absolute Gasteiger partial charge is 0.0547 e. The first-order chi connectivity index (χ1) is 32.5. The van der Waals surface area contributed by atoms with Crippen molar-refractivity contribution < 1.29 is 0 Å². The fourth-order valence-electron chi connectivity index (χ4n) is 10.3. The van der Waals surface area contributed by atoms with Gasteiger partial charge in [-0.15, -0.1) is 0 Å². The van der Waals surface area contributed by atoms with Crippen LogP contribution < -0.4 is 9.80 Å². The Kier molecular flexibility index (Phi) is 9.50. The van der Waals surface area contributed by atoms with E-state index >= 15 is 0 Å². The van der Waals surface area contributed by atoms with Crippen LogP contribution in [-0.2, 0) is 5.41 Å². The molecular weight excluding hydrogens is 799 g/mol. The van der Waals surface area contributed by atoms with Crippen LogP contribution in [0.1, 0.15) is 25.0 Å². The molecule has 1 aliphatic rings. The fraction of sp³-hybridized carbons (Fsp3) is 0.0476. The van der Waals surface area contributed by atoms with Crippen molar-refractivity contribution >= 4 is 55.9 Å². The van der Waals surface area contributed by atoms with Crippen LogP contribution in [0.25, 0.3) is 60.9 Å². The quantitative estimate of drug-likeness (QED) is 0.143. The largest absolute Gasteiger partial charge is 0.311 e. The predicted molar refractivity (Wildman–Crippen MR) is 279 cm³/mol. The molecule has 11 aromatic rings. The van der Waals surface area contributed by atoms with Gasteiger partial charge in [0.25, 0.3) is 0 Å². The predicted octanol–water partition coefficient (Wildman–Crippen LogP) is 17.4. The van der Waals surface area contributed by atoms with E-state index in [1.165, 1.54) is 72.0 Å². The lowest BCUT2D eigenvalue weighted by atomic mass is 9.82. The van der Waals surface area contributed by atoms with Gasteiger partial charge in [0.2, 0.25) is 0 Å². The van der Waals surface area contributed by atoms with Gasteiger partial charge in [-0.05, 0) is 142 Å². The van der Waals surface area contributed by atoms with Crippen molar-refractivity contribution in [2.75, 3.05) is 9.80 Å². The van der Waals surface area contributed by atoms with Crippen LogP contribution in [0.4, 0.5) is 34.1 Å². The lowest BCUT2D eigenvalue weighted by Crippen LogP contribution is -2.14. The van der Waals surface area contributed by atoms with Crippen molar-refractivity contribution in [3.05, 3.63) is 260 Å². The number of fused-ring (bicyclic) bond motifs is 6. The normalized spacial score (nSPS) is 12.5. The molecule has 10 aromatic carbocycles. The van der Waals surface area contributed by atoms with Crippen LogP contribution in [0.3, 0.4) is 0 Å². The lowest BCUT2D eigenvalue weighted by Gasteiger charge is -2.26. The summed E-state index contributed by atoms with van der Waals surface area (Å²) in [4.78, 5) is 4.63. The molecule has 0 atom stereocenters. The number of aromatic nitrogens is 1. The molecule has 0 radical (unpaired) electrons. The number of nitrogens with zero attached hydrogens (tertiary/aromatic N) is 3. The van der Waals surface area contributed by atoms with Crippen molar-refractivity contribution in [1.29, 1.82) is 0 Å². The number of benzene rings is 10. The zero-order valence-corrected chi connectivity index (χ0v) is 37.0. The molecular formula is C63H47N3. The monoisotopic (exact) mass is 845 g/mol. The summed E-state index contributed by atoms with van der Waals surface area (Å²) in [6.07, 6.45) is 0. The number of hydrogen-bond acceptors (Lipinski definition) is 2. The summed E-state index contributed by atoms with van der Waals surface area (Å²) in [5.41, 5.74) is 20.4. The Labute approximate surface area is 386 Å². The second-order valence-corrected chi connectivity index (χ2v) is 17.8. The number of hydrogen-bond donors (Lipinski definition) is 0. The summed E-state index contributed by atoms with van der Waals surface area (Å²) < 4.78 is 2.45.